The Balaban J connectivity index is 1.52. The van der Waals surface area contributed by atoms with Gasteiger partial charge in [-0.2, -0.15) is 0 Å². The monoisotopic (exact) mass is 348 g/mol. The van der Waals surface area contributed by atoms with Gasteiger partial charge in [-0.25, -0.2) is 0 Å². The van der Waals surface area contributed by atoms with E-state index in [4.69, 9.17) is 14.2 Å². The molecule has 2 unspecified atom stereocenters. The SMILES string of the molecule is COCCN1C(C)CN(C(=O)CCc2ccc3c(c2)OCO3)CC1C. The summed E-state index contributed by atoms with van der Waals surface area (Å²) in [5, 5.41) is 0. The molecule has 1 saturated heterocycles. The number of fused-ring (bicyclic) bond motifs is 1. The Morgan fingerprint density at radius 1 is 1.20 bits per heavy atom. The molecule has 0 aliphatic carbocycles. The van der Waals surface area contributed by atoms with Crippen LogP contribution in [0, 0.1) is 0 Å². The third-order valence-corrected chi connectivity index (χ3v) is 5.07. The lowest BCUT2D eigenvalue weighted by Crippen LogP contribution is -2.58. The number of amides is 1. The second-order valence-electron chi connectivity index (χ2n) is 6.92. The molecule has 0 bridgehead atoms. The Labute approximate surface area is 149 Å². The average molecular weight is 348 g/mol. The van der Waals surface area contributed by atoms with Gasteiger partial charge in [-0.15, -0.1) is 0 Å². The van der Waals surface area contributed by atoms with Gasteiger partial charge in [-0.1, -0.05) is 6.07 Å². The first-order valence-electron chi connectivity index (χ1n) is 8.99. The molecule has 0 aromatic heterocycles. The normalized spacial score (nSPS) is 23.1. The smallest absolute Gasteiger partial charge is 0.231 e. The van der Waals surface area contributed by atoms with Crippen LogP contribution >= 0.6 is 0 Å². The molecule has 6 nitrogen and oxygen atoms in total. The fourth-order valence-electron chi connectivity index (χ4n) is 3.70. The molecule has 1 fully saturated rings. The molecular formula is C19H28N2O4. The minimum absolute atomic E-state index is 0.225. The van der Waals surface area contributed by atoms with Crippen molar-refractivity contribution in [2.75, 3.05) is 40.1 Å². The van der Waals surface area contributed by atoms with Crippen LogP contribution in [0.25, 0.3) is 0 Å². The van der Waals surface area contributed by atoms with Gasteiger partial charge in [0.05, 0.1) is 6.61 Å². The Morgan fingerprint density at radius 2 is 1.92 bits per heavy atom. The van der Waals surface area contributed by atoms with E-state index < -0.39 is 0 Å². The molecule has 1 amide bonds. The summed E-state index contributed by atoms with van der Waals surface area (Å²) in [5.41, 5.74) is 1.11. The fraction of sp³-hybridized carbons (Fsp3) is 0.632. The van der Waals surface area contributed by atoms with Gasteiger partial charge in [0.15, 0.2) is 11.5 Å². The van der Waals surface area contributed by atoms with Crippen molar-refractivity contribution in [1.29, 1.82) is 0 Å². The molecule has 2 atom stereocenters. The Hall–Kier alpha value is -1.79. The molecule has 0 saturated carbocycles. The second kappa shape index (κ2) is 8.06. The summed E-state index contributed by atoms with van der Waals surface area (Å²) in [7, 11) is 1.73. The number of ether oxygens (including phenoxy) is 3. The zero-order valence-electron chi connectivity index (χ0n) is 15.4. The highest BCUT2D eigenvalue weighted by atomic mass is 16.7. The standard InChI is InChI=1S/C19H28N2O4/c1-14-11-20(12-15(2)21(14)8-9-23-3)19(22)7-5-16-4-6-17-18(10-16)25-13-24-17/h4,6,10,14-15H,5,7-9,11-13H2,1-3H3. The number of hydrogen-bond acceptors (Lipinski definition) is 5. The maximum absolute atomic E-state index is 12.6. The van der Waals surface area contributed by atoms with Crippen LogP contribution < -0.4 is 9.47 Å². The first kappa shape index (κ1) is 18.0. The molecule has 2 aliphatic heterocycles. The molecule has 0 spiro atoms. The number of nitrogens with zero attached hydrogens (tertiary/aromatic N) is 2. The molecule has 1 aromatic carbocycles. The largest absolute Gasteiger partial charge is 0.454 e. The van der Waals surface area contributed by atoms with E-state index in [1.165, 1.54) is 0 Å². The summed E-state index contributed by atoms with van der Waals surface area (Å²) in [6, 6.07) is 6.61. The van der Waals surface area contributed by atoms with E-state index in [1.54, 1.807) is 7.11 Å². The van der Waals surface area contributed by atoms with Gasteiger partial charge in [-0.05, 0) is 38.0 Å². The van der Waals surface area contributed by atoms with Gasteiger partial charge in [0.25, 0.3) is 0 Å². The van der Waals surface area contributed by atoms with Gasteiger partial charge in [0.2, 0.25) is 12.7 Å². The van der Waals surface area contributed by atoms with Gasteiger partial charge in [0.1, 0.15) is 0 Å². The summed E-state index contributed by atoms with van der Waals surface area (Å²) >= 11 is 0. The third kappa shape index (κ3) is 4.25. The maximum atomic E-state index is 12.6. The number of methoxy groups -OCH3 is 1. The first-order chi connectivity index (χ1) is 12.1. The third-order valence-electron chi connectivity index (χ3n) is 5.07. The highest BCUT2D eigenvalue weighted by Crippen LogP contribution is 2.32. The number of carbonyl (C=O) groups is 1. The molecule has 25 heavy (non-hydrogen) atoms. The molecule has 1 aromatic rings. The minimum Gasteiger partial charge on any atom is -0.454 e. The highest BCUT2D eigenvalue weighted by molar-refractivity contribution is 5.76. The Morgan fingerprint density at radius 3 is 2.64 bits per heavy atom. The summed E-state index contributed by atoms with van der Waals surface area (Å²) in [4.78, 5) is 17.1. The lowest BCUT2D eigenvalue weighted by molar-refractivity contribution is -0.135. The average Bonchev–Trinajstić information content (AvgIpc) is 3.06. The fourth-order valence-corrected chi connectivity index (χ4v) is 3.70. The molecule has 0 N–H and O–H groups in total. The molecule has 3 rings (SSSR count). The van der Waals surface area contributed by atoms with Crippen LogP contribution in [0.4, 0.5) is 0 Å². The number of aryl methyl sites for hydroxylation is 1. The number of carbonyl (C=O) groups excluding carboxylic acids is 1. The van der Waals surface area contributed by atoms with Crippen LogP contribution in [0.5, 0.6) is 11.5 Å². The maximum Gasteiger partial charge on any atom is 0.231 e. The zero-order chi connectivity index (χ0) is 17.8. The minimum atomic E-state index is 0.225. The molecule has 2 heterocycles. The summed E-state index contributed by atoms with van der Waals surface area (Å²) in [5.74, 6) is 1.78. The summed E-state index contributed by atoms with van der Waals surface area (Å²) in [6.07, 6.45) is 1.25. The van der Waals surface area contributed by atoms with Crippen molar-refractivity contribution in [2.45, 2.75) is 38.8 Å². The van der Waals surface area contributed by atoms with Crippen molar-refractivity contribution in [3.05, 3.63) is 23.8 Å². The number of benzene rings is 1. The van der Waals surface area contributed by atoms with Crippen molar-refractivity contribution in [3.63, 3.8) is 0 Å². The molecule has 2 aliphatic rings. The predicted molar refractivity (Wildman–Crippen MR) is 95.0 cm³/mol. The van der Waals surface area contributed by atoms with Crippen LogP contribution in [-0.2, 0) is 16.0 Å². The highest BCUT2D eigenvalue weighted by Gasteiger charge is 2.31. The van der Waals surface area contributed by atoms with E-state index >= 15 is 0 Å². The quantitative estimate of drug-likeness (QED) is 0.786. The Bertz CT molecular complexity index is 595. The van der Waals surface area contributed by atoms with Crippen molar-refractivity contribution in [1.82, 2.24) is 9.80 Å². The summed E-state index contributed by atoms with van der Waals surface area (Å²) in [6.45, 7) is 7.86. The van der Waals surface area contributed by atoms with Gasteiger partial charge in [0, 0.05) is 45.2 Å². The predicted octanol–water partition coefficient (Wildman–Crippen LogP) is 1.92. The number of hydrogen-bond donors (Lipinski definition) is 0. The van der Waals surface area contributed by atoms with E-state index in [0.717, 1.165) is 49.7 Å². The van der Waals surface area contributed by atoms with E-state index in [-0.39, 0.29) is 12.7 Å². The van der Waals surface area contributed by atoms with E-state index in [0.29, 0.717) is 18.5 Å². The van der Waals surface area contributed by atoms with E-state index in [9.17, 15) is 4.79 Å². The van der Waals surface area contributed by atoms with Crippen LogP contribution in [-0.4, -0.2) is 67.9 Å². The van der Waals surface area contributed by atoms with Gasteiger partial charge >= 0.3 is 0 Å². The van der Waals surface area contributed by atoms with Gasteiger partial charge < -0.3 is 19.1 Å². The van der Waals surface area contributed by atoms with Crippen molar-refractivity contribution >= 4 is 5.91 Å². The van der Waals surface area contributed by atoms with Crippen molar-refractivity contribution < 1.29 is 19.0 Å². The van der Waals surface area contributed by atoms with E-state index in [2.05, 4.69) is 18.7 Å². The number of rotatable bonds is 6. The first-order valence-corrected chi connectivity index (χ1v) is 8.99. The Kier molecular flexibility index (Phi) is 5.81. The molecule has 0 radical (unpaired) electrons. The van der Waals surface area contributed by atoms with Crippen LogP contribution in [0.3, 0.4) is 0 Å². The zero-order valence-corrected chi connectivity index (χ0v) is 15.4. The van der Waals surface area contributed by atoms with Gasteiger partial charge in [-0.3, -0.25) is 9.69 Å². The molecule has 6 heteroatoms. The summed E-state index contributed by atoms with van der Waals surface area (Å²) < 4.78 is 15.9. The lowest BCUT2D eigenvalue weighted by Gasteiger charge is -2.44. The van der Waals surface area contributed by atoms with Crippen molar-refractivity contribution in [3.8, 4) is 11.5 Å². The molecule has 138 valence electrons. The van der Waals surface area contributed by atoms with E-state index in [1.807, 2.05) is 23.1 Å². The second-order valence-corrected chi connectivity index (χ2v) is 6.92. The topological polar surface area (TPSA) is 51.2 Å². The van der Waals surface area contributed by atoms with Crippen LogP contribution in [0.2, 0.25) is 0 Å². The molecular weight excluding hydrogens is 320 g/mol. The lowest BCUT2D eigenvalue weighted by atomic mass is 10.1. The van der Waals surface area contributed by atoms with Crippen LogP contribution in [0.15, 0.2) is 18.2 Å². The van der Waals surface area contributed by atoms with Crippen LogP contribution in [0.1, 0.15) is 25.8 Å². The number of piperazine rings is 1. The van der Waals surface area contributed by atoms with Crippen molar-refractivity contribution in [2.24, 2.45) is 0 Å².